The van der Waals surface area contributed by atoms with Gasteiger partial charge in [-0.1, -0.05) is 0 Å². The number of methoxy groups -OCH3 is 1. The molecule has 6 nitrogen and oxygen atoms in total. The van der Waals surface area contributed by atoms with E-state index in [1.165, 1.54) is 13.2 Å². The minimum atomic E-state index is -3.70. The molecule has 0 aromatic carbocycles. The van der Waals surface area contributed by atoms with E-state index in [0.29, 0.717) is 11.5 Å². The number of esters is 1. The summed E-state index contributed by atoms with van der Waals surface area (Å²) in [5.74, 6) is -0.428. The van der Waals surface area contributed by atoms with Gasteiger partial charge in [0.2, 0.25) is 10.0 Å². The van der Waals surface area contributed by atoms with Crippen LogP contribution in [0, 0.1) is 0 Å². The van der Waals surface area contributed by atoms with Crippen molar-refractivity contribution in [3.05, 3.63) is 17.0 Å². The van der Waals surface area contributed by atoms with Crippen LogP contribution in [0.3, 0.4) is 0 Å². The Hall–Kier alpha value is -0.960. The summed E-state index contributed by atoms with van der Waals surface area (Å²) >= 11 is 0.964. The van der Waals surface area contributed by atoms with Crippen molar-refractivity contribution in [3.8, 4) is 0 Å². The van der Waals surface area contributed by atoms with Crippen LogP contribution >= 0.6 is 11.3 Å². The molecule has 0 fully saturated rings. The Morgan fingerprint density at radius 2 is 2.17 bits per heavy atom. The van der Waals surface area contributed by atoms with Crippen LogP contribution in [0.2, 0.25) is 0 Å². The number of carbonyl (C=O) groups is 1. The minimum Gasteiger partial charge on any atom is -0.460 e. The highest BCUT2D eigenvalue weighted by Crippen LogP contribution is 2.21. The summed E-state index contributed by atoms with van der Waals surface area (Å²) in [4.78, 5) is 12.1. The predicted octanol–water partition coefficient (Wildman–Crippen LogP) is 0.516. The van der Waals surface area contributed by atoms with Crippen molar-refractivity contribution >= 4 is 27.3 Å². The average molecular weight is 293 g/mol. The van der Waals surface area contributed by atoms with Gasteiger partial charge in [0.1, 0.15) is 10.3 Å². The van der Waals surface area contributed by atoms with E-state index < -0.39 is 16.0 Å². The summed E-state index contributed by atoms with van der Waals surface area (Å²) in [5, 5.41) is 4.97. The van der Waals surface area contributed by atoms with Crippen molar-refractivity contribution in [1.29, 1.82) is 0 Å². The lowest BCUT2D eigenvalue weighted by atomic mass is 10.3. The largest absolute Gasteiger partial charge is 0.460 e. The molecule has 1 aromatic heterocycles. The van der Waals surface area contributed by atoms with Gasteiger partial charge in [-0.15, -0.1) is 11.3 Å². The molecule has 0 bridgehead atoms. The minimum absolute atomic E-state index is 0.0221. The first kappa shape index (κ1) is 15.1. The molecule has 0 saturated heterocycles. The van der Waals surface area contributed by atoms with Crippen LogP contribution in [-0.4, -0.2) is 34.2 Å². The number of hydrogen-bond donors (Lipinski definition) is 1. The van der Waals surface area contributed by atoms with Gasteiger partial charge in [0, 0.05) is 12.0 Å². The number of sulfonamides is 1. The highest BCUT2D eigenvalue weighted by atomic mass is 32.2. The molecule has 0 saturated carbocycles. The zero-order chi connectivity index (χ0) is 13.8. The quantitative estimate of drug-likeness (QED) is 0.771. The molecule has 1 atom stereocenters. The van der Waals surface area contributed by atoms with E-state index in [9.17, 15) is 13.2 Å². The molecule has 0 aliphatic heterocycles. The van der Waals surface area contributed by atoms with Crippen LogP contribution in [0.1, 0.15) is 11.8 Å². The van der Waals surface area contributed by atoms with Crippen molar-refractivity contribution in [2.75, 3.05) is 13.7 Å². The molecule has 0 aliphatic carbocycles. The summed E-state index contributed by atoms with van der Waals surface area (Å²) in [5.41, 5.74) is 0. The molecule has 18 heavy (non-hydrogen) atoms. The van der Waals surface area contributed by atoms with E-state index in [2.05, 4.69) is 0 Å². The second-order valence-electron chi connectivity index (χ2n) is 3.70. The summed E-state index contributed by atoms with van der Waals surface area (Å²) < 4.78 is 32.0. The predicted molar refractivity (Wildman–Crippen MR) is 66.8 cm³/mol. The second-order valence-corrected chi connectivity index (χ2v) is 6.65. The lowest BCUT2D eigenvalue weighted by molar-refractivity contribution is -0.149. The van der Waals surface area contributed by atoms with Crippen LogP contribution in [-0.2, 0) is 30.7 Å². The molecular formula is C10H15NO5S2. The van der Waals surface area contributed by atoms with E-state index in [0.717, 1.165) is 11.3 Å². The molecule has 0 spiro atoms. The summed E-state index contributed by atoms with van der Waals surface area (Å²) in [6.45, 7) is 2.03. The summed E-state index contributed by atoms with van der Waals surface area (Å²) in [6.07, 6.45) is -0.311. The lowest BCUT2D eigenvalue weighted by Crippen LogP contribution is -2.20. The third kappa shape index (κ3) is 4.73. The molecule has 1 unspecified atom stereocenters. The van der Waals surface area contributed by atoms with Crippen LogP contribution in [0.5, 0.6) is 0 Å². The molecular weight excluding hydrogens is 278 g/mol. The van der Waals surface area contributed by atoms with Crippen LogP contribution < -0.4 is 5.14 Å². The van der Waals surface area contributed by atoms with Gasteiger partial charge in [-0.3, -0.25) is 4.79 Å². The topological polar surface area (TPSA) is 95.7 Å². The van der Waals surface area contributed by atoms with E-state index >= 15 is 0 Å². The molecule has 1 rings (SSSR count). The van der Waals surface area contributed by atoms with Gasteiger partial charge in [0.05, 0.1) is 13.0 Å². The summed E-state index contributed by atoms with van der Waals surface area (Å²) in [7, 11) is -2.19. The molecule has 1 aromatic rings. The van der Waals surface area contributed by atoms with Gasteiger partial charge in [0.25, 0.3) is 0 Å². The Balaban J connectivity index is 2.58. The van der Waals surface area contributed by atoms with Crippen molar-refractivity contribution in [1.82, 2.24) is 0 Å². The van der Waals surface area contributed by atoms with Crippen molar-refractivity contribution in [3.63, 3.8) is 0 Å². The van der Waals surface area contributed by atoms with E-state index in [1.807, 2.05) is 0 Å². The van der Waals surface area contributed by atoms with Crippen molar-refractivity contribution < 1.29 is 22.7 Å². The maximum Gasteiger partial charge on any atom is 0.311 e. The smallest absolute Gasteiger partial charge is 0.311 e. The van der Waals surface area contributed by atoms with Crippen molar-refractivity contribution in [2.24, 2.45) is 5.14 Å². The average Bonchev–Trinajstić information content (AvgIpc) is 2.65. The van der Waals surface area contributed by atoms with Crippen LogP contribution in [0.15, 0.2) is 16.3 Å². The maximum absolute atomic E-state index is 11.5. The molecule has 2 N–H and O–H groups in total. The van der Waals surface area contributed by atoms with Gasteiger partial charge < -0.3 is 9.47 Å². The fourth-order valence-electron chi connectivity index (χ4n) is 1.28. The Bertz CT molecular complexity index is 508. The first-order valence-electron chi connectivity index (χ1n) is 5.13. The van der Waals surface area contributed by atoms with Gasteiger partial charge in [-0.25, -0.2) is 13.6 Å². The number of thiophene rings is 1. The summed E-state index contributed by atoms with van der Waals surface area (Å²) in [6, 6.07) is 2.92. The molecule has 0 radical (unpaired) electrons. The van der Waals surface area contributed by atoms with Crippen molar-refractivity contribution in [2.45, 2.75) is 23.7 Å². The number of hydrogen-bond acceptors (Lipinski definition) is 6. The molecule has 0 amide bonds. The second kappa shape index (κ2) is 6.28. The van der Waals surface area contributed by atoms with Gasteiger partial charge in [-0.2, -0.15) is 0 Å². The highest BCUT2D eigenvalue weighted by molar-refractivity contribution is 7.91. The van der Waals surface area contributed by atoms with E-state index in [-0.39, 0.29) is 16.7 Å². The lowest BCUT2D eigenvalue weighted by Gasteiger charge is -2.11. The third-order valence-electron chi connectivity index (χ3n) is 1.97. The number of nitrogens with two attached hydrogens (primary N) is 1. The highest BCUT2D eigenvalue weighted by Gasteiger charge is 2.15. The molecule has 0 aliphatic rings. The number of carbonyl (C=O) groups excluding carboxylic acids is 1. The number of rotatable bonds is 6. The fraction of sp³-hybridized carbons (Fsp3) is 0.500. The Kier molecular flexibility index (Phi) is 5.27. The Morgan fingerprint density at radius 1 is 1.50 bits per heavy atom. The first-order valence-corrected chi connectivity index (χ1v) is 7.49. The Morgan fingerprint density at radius 3 is 2.67 bits per heavy atom. The number of ether oxygens (including phenoxy) is 2. The first-order chi connectivity index (χ1) is 8.32. The van der Waals surface area contributed by atoms with Gasteiger partial charge in [-0.05, 0) is 19.1 Å². The number of primary sulfonamides is 1. The van der Waals surface area contributed by atoms with Crippen LogP contribution in [0.25, 0.3) is 0 Å². The van der Waals surface area contributed by atoms with Gasteiger partial charge >= 0.3 is 5.97 Å². The standard InChI is InChI=1S/C10H15NO5S2/c1-7(6-15-2)16-9(12)5-8-3-4-10(17-8)18(11,13)14/h3-4,7H,5-6H2,1-2H3,(H2,11,13,14). The van der Waals surface area contributed by atoms with E-state index in [1.54, 1.807) is 13.0 Å². The fourth-order valence-corrected chi connectivity index (χ4v) is 3.05. The van der Waals surface area contributed by atoms with E-state index in [4.69, 9.17) is 14.6 Å². The monoisotopic (exact) mass is 293 g/mol. The molecule has 102 valence electrons. The molecule has 1 heterocycles. The maximum atomic E-state index is 11.5. The van der Waals surface area contributed by atoms with Gasteiger partial charge in [0.15, 0.2) is 0 Å². The SMILES string of the molecule is COCC(C)OC(=O)Cc1ccc(S(N)(=O)=O)s1. The zero-order valence-electron chi connectivity index (χ0n) is 10.1. The zero-order valence-corrected chi connectivity index (χ0v) is 11.7. The molecule has 8 heteroatoms. The third-order valence-corrected chi connectivity index (χ3v) is 4.49. The normalized spacial score (nSPS) is 13.3. The Labute approximate surface area is 110 Å². The van der Waals surface area contributed by atoms with Crippen LogP contribution in [0.4, 0.5) is 0 Å².